The van der Waals surface area contributed by atoms with Gasteiger partial charge in [-0.25, -0.2) is 0 Å². The zero-order valence-electron chi connectivity index (χ0n) is 16.4. The van der Waals surface area contributed by atoms with Crippen LogP contribution in [0.5, 0.6) is 0 Å². The van der Waals surface area contributed by atoms with Crippen molar-refractivity contribution >= 4 is 29.9 Å². The van der Waals surface area contributed by atoms with Crippen LogP contribution >= 0.6 is 24.0 Å². The number of guanidine groups is 1. The third-order valence-corrected chi connectivity index (χ3v) is 3.97. The summed E-state index contributed by atoms with van der Waals surface area (Å²) in [7, 11) is 5.45. The lowest BCUT2D eigenvalue weighted by atomic mass is 10.1. The number of aromatic nitrogens is 2. The molecule has 1 atom stereocenters. The van der Waals surface area contributed by atoms with E-state index in [2.05, 4.69) is 41.5 Å². The zero-order valence-corrected chi connectivity index (χ0v) is 18.7. The standard InChI is InChI=1S/C17H33N5O2.HI/c1-13(12-16-14(2)21-22(5)15(16)3)20-17(18-4)19-8-7-9-24-11-10-23-6;/h13H,7-12H2,1-6H3,(H2,18,19,20);1H. The Morgan fingerprint density at radius 1 is 1.28 bits per heavy atom. The fourth-order valence-corrected chi connectivity index (χ4v) is 2.52. The van der Waals surface area contributed by atoms with Crippen LogP contribution < -0.4 is 10.6 Å². The van der Waals surface area contributed by atoms with Crippen molar-refractivity contribution in [1.82, 2.24) is 20.4 Å². The van der Waals surface area contributed by atoms with E-state index >= 15 is 0 Å². The summed E-state index contributed by atoms with van der Waals surface area (Å²) < 4.78 is 12.3. The average molecular weight is 467 g/mol. The van der Waals surface area contributed by atoms with Gasteiger partial charge in [-0.15, -0.1) is 24.0 Å². The van der Waals surface area contributed by atoms with Crippen molar-refractivity contribution < 1.29 is 9.47 Å². The minimum absolute atomic E-state index is 0. The van der Waals surface area contributed by atoms with Crippen molar-refractivity contribution in [2.75, 3.05) is 40.5 Å². The lowest BCUT2D eigenvalue weighted by molar-refractivity contribution is 0.0698. The van der Waals surface area contributed by atoms with Crippen LogP contribution in [0.2, 0.25) is 0 Å². The Kier molecular flexibility index (Phi) is 12.9. The van der Waals surface area contributed by atoms with E-state index in [1.54, 1.807) is 14.2 Å². The number of ether oxygens (including phenoxy) is 2. The van der Waals surface area contributed by atoms with Gasteiger partial charge in [-0.2, -0.15) is 5.10 Å². The molecule has 0 fully saturated rings. The fraction of sp³-hybridized carbons (Fsp3) is 0.765. The molecule has 1 aromatic heterocycles. The molecular formula is C17H34IN5O2. The smallest absolute Gasteiger partial charge is 0.191 e. The van der Waals surface area contributed by atoms with Crippen LogP contribution in [0.3, 0.4) is 0 Å². The van der Waals surface area contributed by atoms with Gasteiger partial charge >= 0.3 is 0 Å². The molecule has 1 rings (SSSR count). The van der Waals surface area contributed by atoms with Crippen molar-refractivity contribution in [2.45, 2.75) is 39.7 Å². The van der Waals surface area contributed by atoms with E-state index < -0.39 is 0 Å². The number of aliphatic imine (C=N–C) groups is 1. The van der Waals surface area contributed by atoms with Gasteiger partial charge in [0.15, 0.2) is 5.96 Å². The van der Waals surface area contributed by atoms with Crippen LogP contribution in [0.15, 0.2) is 4.99 Å². The van der Waals surface area contributed by atoms with E-state index in [0.29, 0.717) is 13.2 Å². The lowest BCUT2D eigenvalue weighted by Gasteiger charge is -2.18. The van der Waals surface area contributed by atoms with Gasteiger partial charge in [0.1, 0.15) is 0 Å². The first-order valence-corrected chi connectivity index (χ1v) is 8.52. The quantitative estimate of drug-likeness (QED) is 0.238. The van der Waals surface area contributed by atoms with E-state index in [1.807, 2.05) is 11.7 Å². The Morgan fingerprint density at radius 2 is 2.00 bits per heavy atom. The highest BCUT2D eigenvalue weighted by Gasteiger charge is 2.13. The van der Waals surface area contributed by atoms with E-state index in [0.717, 1.165) is 37.6 Å². The number of hydrogen-bond acceptors (Lipinski definition) is 4. The third-order valence-electron chi connectivity index (χ3n) is 3.97. The second-order valence-corrected chi connectivity index (χ2v) is 5.98. The van der Waals surface area contributed by atoms with E-state index in [4.69, 9.17) is 9.47 Å². The molecular weight excluding hydrogens is 433 g/mol. The SMILES string of the molecule is CN=C(NCCCOCCOC)NC(C)Cc1c(C)nn(C)c1C.I. The Balaban J connectivity index is 0.00000576. The maximum absolute atomic E-state index is 5.44. The molecule has 7 nitrogen and oxygen atoms in total. The summed E-state index contributed by atoms with van der Waals surface area (Å²) in [6, 6.07) is 0.274. The number of nitrogens with one attached hydrogen (secondary N) is 2. The van der Waals surface area contributed by atoms with Gasteiger partial charge < -0.3 is 20.1 Å². The molecule has 0 saturated heterocycles. The summed E-state index contributed by atoms with van der Waals surface area (Å²) in [5.74, 6) is 0.818. The van der Waals surface area contributed by atoms with Gasteiger partial charge in [0.05, 0.1) is 18.9 Å². The molecule has 0 amide bonds. The molecule has 0 spiro atoms. The molecule has 146 valence electrons. The first kappa shape index (κ1) is 24.1. The van der Waals surface area contributed by atoms with Gasteiger partial charge in [0, 0.05) is 46.1 Å². The minimum atomic E-state index is 0. The largest absolute Gasteiger partial charge is 0.382 e. The van der Waals surface area contributed by atoms with E-state index in [1.165, 1.54) is 11.3 Å². The maximum atomic E-state index is 5.44. The van der Waals surface area contributed by atoms with Crippen molar-refractivity contribution in [3.63, 3.8) is 0 Å². The van der Waals surface area contributed by atoms with Crippen LogP contribution in [0.1, 0.15) is 30.3 Å². The first-order chi connectivity index (χ1) is 11.5. The maximum Gasteiger partial charge on any atom is 0.191 e. The van der Waals surface area contributed by atoms with Gasteiger partial charge in [-0.1, -0.05) is 0 Å². The predicted molar refractivity (Wildman–Crippen MR) is 113 cm³/mol. The second-order valence-electron chi connectivity index (χ2n) is 5.98. The van der Waals surface area contributed by atoms with Crippen molar-refractivity contribution in [3.05, 3.63) is 17.0 Å². The molecule has 0 aliphatic carbocycles. The molecule has 8 heteroatoms. The van der Waals surface area contributed by atoms with Crippen LogP contribution in [0.25, 0.3) is 0 Å². The molecule has 0 aliphatic heterocycles. The molecule has 2 N–H and O–H groups in total. The summed E-state index contributed by atoms with van der Waals surface area (Å²) in [5.41, 5.74) is 3.62. The highest BCUT2D eigenvalue weighted by atomic mass is 127. The molecule has 1 unspecified atom stereocenters. The average Bonchev–Trinajstić information content (AvgIpc) is 2.79. The highest BCUT2D eigenvalue weighted by Crippen LogP contribution is 2.14. The van der Waals surface area contributed by atoms with Crippen LogP contribution in [-0.4, -0.2) is 62.3 Å². The number of hydrogen-bond donors (Lipinski definition) is 2. The van der Waals surface area contributed by atoms with Crippen LogP contribution in [0.4, 0.5) is 0 Å². The Hall–Kier alpha value is -0.870. The number of halogens is 1. The minimum Gasteiger partial charge on any atom is -0.382 e. The molecule has 0 aliphatic rings. The van der Waals surface area contributed by atoms with E-state index in [-0.39, 0.29) is 30.0 Å². The second kappa shape index (κ2) is 13.3. The van der Waals surface area contributed by atoms with E-state index in [9.17, 15) is 0 Å². The Labute approximate surface area is 169 Å². The molecule has 1 heterocycles. The van der Waals surface area contributed by atoms with Crippen molar-refractivity contribution in [3.8, 4) is 0 Å². The molecule has 0 aromatic carbocycles. The van der Waals surface area contributed by atoms with Gasteiger partial charge in [0.25, 0.3) is 0 Å². The number of rotatable bonds is 10. The highest BCUT2D eigenvalue weighted by molar-refractivity contribution is 14.0. The molecule has 0 saturated carbocycles. The predicted octanol–water partition coefficient (Wildman–Crippen LogP) is 1.80. The summed E-state index contributed by atoms with van der Waals surface area (Å²) in [6.45, 7) is 9.16. The topological polar surface area (TPSA) is 72.7 Å². The summed E-state index contributed by atoms with van der Waals surface area (Å²) >= 11 is 0. The van der Waals surface area contributed by atoms with Gasteiger partial charge in [0.2, 0.25) is 0 Å². The van der Waals surface area contributed by atoms with Crippen molar-refractivity contribution in [2.24, 2.45) is 12.0 Å². The summed E-state index contributed by atoms with van der Waals surface area (Å²) in [6.07, 6.45) is 1.85. The Bertz CT molecular complexity index is 519. The molecule has 0 bridgehead atoms. The van der Waals surface area contributed by atoms with Gasteiger partial charge in [-0.05, 0) is 39.2 Å². The number of nitrogens with zero attached hydrogens (tertiary/aromatic N) is 3. The summed E-state index contributed by atoms with van der Waals surface area (Å²) in [5, 5.41) is 11.2. The first-order valence-electron chi connectivity index (χ1n) is 8.52. The zero-order chi connectivity index (χ0) is 17.9. The third kappa shape index (κ3) is 8.87. The van der Waals surface area contributed by atoms with Crippen molar-refractivity contribution in [1.29, 1.82) is 0 Å². The monoisotopic (exact) mass is 467 g/mol. The Morgan fingerprint density at radius 3 is 2.56 bits per heavy atom. The van der Waals surface area contributed by atoms with Crippen LogP contribution in [0, 0.1) is 13.8 Å². The van der Waals surface area contributed by atoms with Gasteiger partial charge in [-0.3, -0.25) is 9.67 Å². The normalized spacial score (nSPS) is 12.6. The number of methoxy groups -OCH3 is 1. The summed E-state index contributed by atoms with van der Waals surface area (Å²) in [4.78, 5) is 4.28. The lowest BCUT2D eigenvalue weighted by Crippen LogP contribution is -2.43. The number of aryl methyl sites for hydroxylation is 2. The molecule has 25 heavy (non-hydrogen) atoms. The molecule has 1 aromatic rings. The molecule has 0 radical (unpaired) electrons. The van der Waals surface area contributed by atoms with Crippen LogP contribution in [-0.2, 0) is 22.9 Å². The fourth-order valence-electron chi connectivity index (χ4n) is 2.52.